The number of hydrogen-bond acceptors (Lipinski definition) is 5. The van der Waals surface area contributed by atoms with Crippen LogP contribution in [0.25, 0.3) is 0 Å². The molecule has 0 atom stereocenters. The fourth-order valence-electron chi connectivity index (χ4n) is 3.68. The third-order valence-electron chi connectivity index (χ3n) is 5.15. The minimum Gasteiger partial charge on any atom is -0.465 e. The van der Waals surface area contributed by atoms with Crippen LogP contribution in [0, 0.1) is 6.92 Å². The minimum atomic E-state index is -0.251. The highest BCUT2D eigenvalue weighted by Crippen LogP contribution is 2.33. The first kappa shape index (κ1) is 16.3. The van der Waals surface area contributed by atoms with E-state index in [4.69, 9.17) is 9.15 Å². The van der Waals surface area contributed by atoms with E-state index in [-0.39, 0.29) is 18.1 Å². The van der Waals surface area contributed by atoms with Gasteiger partial charge in [0.1, 0.15) is 18.1 Å². The maximum absolute atomic E-state index is 12.3. The molecule has 2 saturated heterocycles. The maximum Gasteiger partial charge on any atom is 0.253 e. The molecule has 6 heteroatoms. The van der Waals surface area contributed by atoms with Crippen LogP contribution >= 0.6 is 0 Å². The number of anilines is 1. The molecule has 0 bridgehead atoms. The number of carbonyl (C=O) groups excluding carboxylic acids is 1. The molecule has 1 spiro atoms. The number of furan rings is 1. The normalized spacial score (nSPS) is 21.0. The van der Waals surface area contributed by atoms with Gasteiger partial charge in [0.25, 0.3) is 5.91 Å². The summed E-state index contributed by atoms with van der Waals surface area (Å²) in [6.45, 7) is 5.42. The second-order valence-corrected chi connectivity index (χ2v) is 6.95. The zero-order chi connectivity index (χ0) is 17.3. The van der Waals surface area contributed by atoms with Crippen molar-refractivity contribution in [1.82, 2.24) is 9.88 Å². The highest BCUT2D eigenvalue weighted by Gasteiger charge is 2.42. The first-order valence-electron chi connectivity index (χ1n) is 8.76. The first-order chi connectivity index (χ1) is 12.1. The highest BCUT2D eigenvalue weighted by atomic mass is 16.5. The van der Waals surface area contributed by atoms with Gasteiger partial charge in [-0.1, -0.05) is 0 Å². The molecule has 2 aromatic heterocycles. The Balaban J connectivity index is 1.41. The topological polar surface area (TPSA) is 58.8 Å². The molecule has 25 heavy (non-hydrogen) atoms. The van der Waals surface area contributed by atoms with E-state index in [9.17, 15) is 4.79 Å². The third kappa shape index (κ3) is 3.45. The molecule has 2 aliphatic heterocycles. The molecule has 6 nitrogen and oxygen atoms in total. The molecule has 2 aliphatic rings. The summed E-state index contributed by atoms with van der Waals surface area (Å²) in [7, 11) is 0. The second-order valence-electron chi connectivity index (χ2n) is 6.95. The van der Waals surface area contributed by atoms with Gasteiger partial charge in [-0.2, -0.15) is 0 Å². The lowest BCUT2D eigenvalue weighted by atomic mass is 9.89. The van der Waals surface area contributed by atoms with Crippen molar-refractivity contribution in [2.24, 2.45) is 0 Å². The van der Waals surface area contributed by atoms with Crippen molar-refractivity contribution in [2.45, 2.75) is 31.9 Å². The fourth-order valence-corrected chi connectivity index (χ4v) is 3.68. The number of carbonyl (C=O) groups is 1. The molecule has 4 heterocycles. The van der Waals surface area contributed by atoms with Gasteiger partial charge < -0.3 is 14.1 Å². The lowest BCUT2D eigenvalue weighted by Gasteiger charge is -2.46. The average Bonchev–Trinajstić information content (AvgIpc) is 3.05. The maximum atomic E-state index is 12.3. The lowest BCUT2D eigenvalue weighted by Crippen LogP contribution is -2.58. The molecular formula is C19H23N3O3. The predicted molar refractivity (Wildman–Crippen MR) is 93.2 cm³/mol. The van der Waals surface area contributed by atoms with E-state index in [0.717, 1.165) is 49.7 Å². The molecule has 0 saturated carbocycles. The summed E-state index contributed by atoms with van der Waals surface area (Å²) in [6.07, 6.45) is 5.29. The fraction of sp³-hybridized carbons (Fsp3) is 0.474. The molecule has 0 aliphatic carbocycles. The van der Waals surface area contributed by atoms with Crippen LogP contribution in [0.4, 0.5) is 5.69 Å². The summed E-state index contributed by atoms with van der Waals surface area (Å²) in [5, 5.41) is 0. The van der Waals surface area contributed by atoms with Gasteiger partial charge in [-0.15, -0.1) is 0 Å². The number of aryl methyl sites for hydroxylation is 1. The van der Waals surface area contributed by atoms with E-state index in [1.165, 1.54) is 0 Å². The SMILES string of the molecule is Cc1ccc(CN2CCC3(CC2)CN(c2cccnc2)C(=O)CO3)o1. The Kier molecular flexibility index (Phi) is 4.31. The molecule has 4 rings (SSSR count). The van der Waals surface area contributed by atoms with Gasteiger partial charge >= 0.3 is 0 Å². The quantitative estimate of drug-likeness (QED) is 0.858. The number of ether oxygens (including phenoxy) is 1. The minimum absolute atomic E-state index is 0.00659. The van der Waals surface area contributed by atoms with E-state index >= 15 is 0 Å². The van der Waals surface area contributed by atoms with Crippen LogP contribution < -0.4 is 4.90 Å². The van der Waals surface area contributed by atoms with Crippen molar-refractivity contribution in [3.05, 3.63) is 48.2 Å². The van der Waals surface area contributed by atoms with Gasteiger partial charge in [-0.3, -0.25) is 14.7 Å². The molecule has 132 valence electrons. The standard InChI is InChI=1S/C19H23N3O3/c1-15-4-5-17(25-15)12-21-9-6-19(7-10-21)14-22(18(23)13-24-19)16-3-2-8-20-11-16/h2-5,8,11H,6-7,9-10,12-14H2,1H3. The largest absolute Gasteiger partial charge is 0.465 e. The van der Waals surface area contributed by atoms with Gasteiger partial charge in [0.15, 0.2) is 0 Å². The van der Waals surface area contributed by atoms with Crippen LogP contribution in [-0.2, 0) is 16.1 Å². The number of rotatable bonds is 3. The molecule has 0 N–H and O–H groups in total. The van der Waals surface area contributed by atoms with E-state index in [1.807, 2.05) is 36.1 Å². The smallest absolute Gasteiger partial charge is 0.253 e. The van der Waals surface area contributed by atoms with E-state index in [0.29, 0.717) is 6.54 Å². The Morgan fingerprint density at radius 1 is 1.24 bits per heavy atom. The average molecular weight is 341 g/mol. The third-order valence-corrected chi connectivity index (χ3v) is 5.15. The number of nitrogens with zero attached hydrogens (tertiary/aromatic N) is 3. The lowest BCUT2D eigenvalue weighted by molar-refractivity contribution is -0.145. The molecule has 2 fully saturated rings. The van der Waals surface area contributed by atoms with E-state index in [1.54, 1.807) is 12.4 Å². The Hall–Kier alpha value is -2.18. The van der Waals surface area contributed by atoms with Crippen LogP contribution in [0.2, 0.25) is 0 Å². The Bertz CT molecular complexity index is 735. The van der Waals surface area contributed by atoms with E-state index < -0.39 is 0 Å². The summed E-state index contributed by atoms with van der Waals surface area (Å²) < 4.78 is 11.7. The van der Waals surface area contributed by atoms with Gasteiger partial charge in [0.2, 0.25) is 0 Å². The van der Waals surface area contributed by atoms with Gasteiger partial charge in [0, 0.05) is 19.3 Å². The highest BCUT2D eigenvalue weighted by molar-refractivity contribution is 5.95. The molecule has 0 aromatic carbocycles. The monoisotopic (exact) mass is 341 g/mol. The van der Waals surface area contributed by atoms with Crippen LogP contribution in [0.1, 0.15) is 24.4 Å². The number of piperidine rings is 1. The van der Waals surface area contributed by atoms with Crippen LogP contribution in [0.15, 0.2) is 41.1 Å². The Labute approximate surface area is 147 Å². The summed E-state index contributed by atoms with van der Waals surface area (Å²) in [5.74, 6) is 1.96. The van der Waals surface area contributed by atoms with Crippen molar-refractivity contribution in [3.63, 3.8) is 0 Å². The van der Waals surface area contributed by atoms with Crippen molar-refractivity contribution in [1.29, 1.82) is 0 Å². The number of morpholine rings is 1. The zero-order valence-corrected chi connectivity index (χ0v) is 14.5. The number of likely N-dealkylation sites (tertiary alicyclic amines) is 1. The van der Waals surface area contributed by atoms with Crippen LogP contribution in [0.5, 0.6) is 0 Å². The number of amides is 1. The molecule has 2 aromatic rings. The van der Waals surface area contributed by atoms with Gasteiger partial charge in [-0.25, -0.2) is 0 Å². The van der Waals surface area contributed by atoms with Gasteiger partial charge in [0.05, 0.1) is 30.6 Å². The number of pyridine rings is 1. The van der Waals surface area contributed by atoms with E-state index in [2.05, 4.69) is 9.88 Å². The first-order valence-corrected chi connectivity index (χ1v) is 8.76. The Morgan fingerprint density at radius 2 is 2.08 bits per heavy atom. The van der Waals surface area contributed by atoms with Crippen LogP contribution in [-0.4, -0.2) is 47.6 Å². The zero-order valence-electron chi connectivity index (χ0n) is 14.5. The van der Waals surface area contributed by atoms with Gasteiger partial charge in [-0.05, 0) is 44.0 Å². The second kappa shape index (κ2) is 6.61. The molecule has 1 amide bonds. The summed E-state index contributed by atoms with van der Waals surface area (Å²) in [4.78, 5) is 20.6. The summed E-state index contributed by atoms with van der Waals surface area (Å²) in [5.41, 5.74) is 0.600. The van der Waals surface area contributed by atoms with Crippen molar-refractivity contribution >= 4 is 11.6 Å². The summed E-state index contributed by atoms with van der Waals surface area (Å²) >= 11 is 0. The predicted octanol–water partition coefficient (Wildman–Crippen LogP) is 2.38. The Morgan fingerprint density at radius 3 is 2.76 bits per heavy atom. The van der Waals surface area contributed by atoms with Crippen molar-refractivity contribution < 1.29 is 13.9 Å². The molecule has 0 radical (unpaired) electrons. The number of aromatic nitrogens is 1. The molecule has 0 unspecified atom stereocenters. The van der Waals surface area contributed by atoms with Crippen LogP contribution in [0.3, 0.4) is 0 Å². The van der Waals surface area contributed by atoms with Crippen molar-refractivity contribution in [2.75, 3.05) is 31.1 Å². The van der Waals surface area contributed by atoms with Crippen molar-refractivity contribution in [3.8, 4) is 0 Å². The summed E-state index contributed by atoms with van der Waals surface area (Å²) in [6, 6.07) is 7.83. The number of hydrogen-bond donors (Lipinski definition) is 0. The molecular weight excluding hydrogens is 318 g/mol.